The minimum absolute atomic E-state index is 0.0418. The van der Waals surface area contributed by atoms with Crippen molar-refractivity contribution in [1.29, 1.82) is 0 Å². The number of hydrogen-bond donors (Lipinski definition) is 0. The van der Waals surface area contributed by atoms with E-state index in [1.165, 1.54) is 11.1 Å². The molecular formula is C30H44O4. The van der Waals surface area contributed by atoms with Crippen molar-refractivity contribution in [2.45, 2.75) is 79.1 Å². The first-order chi connectivity index (χ1) is 16.0. The van der Waals surface area contributed by atoms with Gasteiger partial charge in [0.1, 0.15) is 0 Å². The van der Waals surface area contributed by atoms with E-state index in [0.29, 0.717) is 26.4 Å². The van der Waals surface area contributed by atoms with Crippen LogP contribution in [-0.4, -0.2) is 26.4 Å². The molecular weight excluding hydrogens is 424 g/mol. The Morgan fingerprint density at radius 3 is 1.50 bits per heavy atom. The summed E-state index contributed by atoms with van der Waals surface area (Å²) in [7, 11) is 0. The van der Waals surface area contributed by atoms with E-state index in [2.05, 4.69) is 85.7 Å². The SMILES string of the molecule is CCCC1COc2ccc(C(C)(C)C)cc2OCC(C)COc2ccc(C(C)(C)C)cc2OC1. The van der Waals surface area contributed by atoms with Crippen molar-refractivity contribution >= 4 is 0 Å². The van der Waals surface area contributed by atoms with Gasteiger partial charge in [0, 0.05) is 11.8 Å². The van der Waals surface area contributed by atoms with Crippen molar-refractivity contribution in [2.75, 3.05) is 26.4 Å². The van der Waals surface area contributed by atoms with E-state index in [9.17, 15) is 0 Å². The van der Waals surface area contributed by atoms with Gasteiger partial charge in [0.05, 0.1) is 26.4 Å². The lowest BCUT2D eigenvalue weighted by Gasteiger charge is -2.26. The first kappa shape index (κ1) is 26.2. The highest BCUT2D eigenvalue weighted by Crippen LogP contribution is 2.36. The molecule has 188 valence electrons. The Hall–Kier alpha value is -2.36. The molecule has 0 aliphatic carbocycles. The zero-order valence-electron chi connectivity index (χ0n) is 22.5. The minimum Gasteiger partial charge on any atom is -0.489 e. The molecule has 0 fully saturated rings. The molecule has 0 aromatic heterocycles. The van der Waals surface area contributed by atoms with Crippen LogP contribution in [0.5, 0.6) is 23.0 Å². The molecule has 4 nitrogen and oxygen atoms in total. The molecule has 0 spiro atoms. The van der Waals surface area contributed by atoms with Crippen LogP contribution >= 0.6 is 0 Å². The summed E-state index contributed by atoms with van der Waals surface area (Å²) in [5, 5.41) is 0. The van der Waals surface area contributed by atoms with Gasteiger partial charge >= 0.3 is 0 Å². The number of ether oxygens (including phenoxy) is 4. The van der Waals surface area contributed by atoms with Crippen LogP contribution in [0.2, 0.25) is 0 Å². The van der Waals surface area contributed by atoms with Crippen molar-refractivity contribution in [2.24, 2.45) is 11.8 Å². The van der Waals surface area contributed by atoms with Gasteiger partial charge < -0.3 is 18.9 Å². The fourth-order valence-electron chi connectivity index (χ4n) is 3.96. The molecule has 2 atom stereocenters. The predicted molar refractivity (Wildman–Crippen MR) is 140 cm³/mol. The standard InChI is InChI=1S/C30H44O4/c1-9-10-22-19-33-26-14-12-23(29(3,4)5)15-27(26)32-18-21(2)17-31-25-13-11-24(30(6,7)8)16-28(25)34-20-22/h11-16,21-22H,9-10,17-20H2,1-8H3. The molecule has 2 aromatic rings. The van der Waals surface area contributed by atoms with Crippen LogP contribution < -0.4 is 18.9 Å². The van der Waals surface area contributed by atoms with Crippen molar-refractivity contribution in [1.82, 2.24) is 0 Å². The Morgan fingerprint density at radius 2 is 1.06 bits per heavy atom. The summed E-state index contributed by atoms with van der Waals surface area (Å²) < 4.78 is 25.2. The van der Waals surface area contributed by atoms with Crippen molar-refractivity contribution < 1.29 is 18.9 Å². The fourth-order valence-corrected chi connectivity index (χ4v) is 3.96. The highest BCUT2D eigenvalue weighted by molar-refractivity contribution is 5.46. The van der Waals surface area contributed by atoms with E-state index >= 15 is 0 Å². The quantitative estimate of drug-likeness (QED) is 0.456. The normalized spacial score (nSPS) is 19.9. The van der Waals surface area contributed by atoms with Crippen LogP contribution in [0.15, 0.2) is 36.4 Å². The monoisotopic (exact) mass is 468 g/mol. The summed E-state index contributed by atoms with van der Waals surface area (Å²) in [6.07, 6.45) is 2.11. The zero-order valence-corrected chi connectivity index (χ0v) is 22.5. The largest absolute Gasteiger partial charge is 0.489 e. The highest BCUT2D eigenvalue weighted by atomic mass is 16.5. The summed E-state index contributed by atoms with van der Waals surface area (Å²) >= 11 is 0. The molecule has 0 radical (unpaired) electrons. The van der Waals surface area contributed by atoms with E-state index in [-0.39, 0.29) is 22.7 Å². The molecule has 2 unspecified atom stereocenters. The summed E-state index contributed by atoms with van der Waals surface area (Å²) in [5.74, 6) is 3.69. The summed E-state index contributed by atoms with van der Waals surface area (Å²) in [6, 6.07) is 12.7. The number of hydrogen-bond acceptors (Lipinski definition) is 4. The smallest absolute Gasteiger partial charge is 0.161 e. The maximum Gasteiger partial charge on any atom is 0.161 e. The van der Waals surface area contributed by atoms with Gasteiger partial charge in [-0.2, -0.15) is 0 Å². The van der Waals surface area contributed by atoms with Crippen LogP contribution in [0.25, 0.3) is 0 Å². The Bertz CT molecular complexity index is 936. The Morgan fingerprint density at radius 1 is 0.647 bits per heavy atom. The van der Waals surface area contributed by atoms with E-state index in [1.807, 2.05) is 6.07 Å². The molecule has 0 amide bonds. The number of rotatable bonds is 2. The van der Waals surface area contributed by atoms with E-state index in [4.69, 9.17) is 18.9 Å². The van der Waals surface area contributed by atoms with Gasteiger partial charge in [0.15, 0.2) is 23.0 Å². The van der Waals surface area contributed by atoms with Gasteiger partial charge in [-0.3, -0.25) is 0 Å². The predicted octanol–water partition coefficient (Wildman–Crippen LogP) is 7.56. The van der Waals surface area contributed by atoms with E-state index in [1.54, 1.807) is 0 Å². The molecule has 0 saturated heterocycles. The molecule has 34 heavy (non-hydrogen) atoms. The van der Waals surface area contributed by atoms with Crippen LogP contribution in [0, 0.1) is 11.8 Å². The van der Waals surface area contributed by atoms with Gasteiger partial charge in [-0.25, -0.2) is 0 Å². The van der Waals surface area contributed by atoms with Gasteiger partial charge in [0.2, 0.25) is 0 Å². The third-order valence-corrected chi connectivity index (χ3v) is 6.31. The second kappa shape index (κ2) is 10.9. The Balaban J connectivity index is 1.89. The van der Waals surface area contributed by atoms with E-state index < -0.39 is 0 Å². The second-order valence-corrected chi connectivity index (χ2v) is 11.8. The van der Waals surface area contributed by atoms with Crippen LogP contribution in [-0.2, 0) is 10.8 Å². The molecule has 2 aromatic carbocycles. The molecule has 1 aliphatic rings. The topological polar surface area (TPSA) is 36.9 Å². The highest BCUT2D eigenvalue weighted by Gasteiger charge is 2.21. The molecule has 1 heterocycles. The summed E-state index contributed by atoms with van der Waals surface area (Å²) in [4.78, 5) is 0. The lowest BCUT2D eigenvalue weighted by Crippen LogP contribution is -2.22. The van der Waals surface area contributed by atoms with Crippen LogP contribution in [0.1, 0.15) is 79.4 Å². The lowest BCUT2D eigenvalue weighted by molar-refractivity contribution is 0.141. The number of fused-ring (bicyclic) bond motifs is 2. The van der Waals surface area contributed by atoms with Crippen molar-refractivity contribution in [3.05, 3.63) is 47.5 Å². The van der Waals surface area contributed by atoms with Gasteiger partial charge in [-0.05, 0) is 52.6 Å². The molecule has 0 N–H and O–H groups in total. The zero-order chi connectivity index (χ0) is 24.9. The molecule has 0 saturated carbocycles. The lowest BCUT2D eigenvalue weighted by atomic mass is 9.87. The fraction of sp³-hybridized carbons (Fsp3) is 0.600. The molecule has 4 heteroatoms. The maximum atomic E-state index is 6.38. The number of benzene rings is 2. The third-order valence-electron chi connectivity index (χ3n) is 6.31. The third kappa shape index (κ3) is 7.07. The average Bonchev–Trinajstić information content (AvgIpc) is 2.76. The Kier molecular flexibility index (Phi) is 8.43. The van der Waals surface area contributed by atoms with Gasteiger partial charge in [-0.1, -0.05) is 73.9 Å². The summed E-state index contributed by atoms with van der Waals surface area (Å²) in [6.45, 7) is 19.9. The van der Waals surface area contributed by atoms with Crippen molar-refractivity contribution in [3.8, 4) is 23.0 Å². The molecule has 3 rings (SSSR count). The second-order valence-electron chi connectivity index (χ2n) is 11.8. The van der Waals surface area contributed by atoms with Crippen molar-refractivity contribution in [3.63, 3.8) is 0 Å². The Labute approximate surface area is 207 Å². The van der Waals surface area contributed by atoms with Gasteiger partial charge in [-0.15, -0.1) is 0 Å². The van der Waals surface area contributed by atoms with Crippen LogP contribution in [0.3, 0.4) is 0 Å². The van der Waals surface area contributed by atoms with Crippen LogP contribution in [0.4, 0.5) is 0 Å². The molecule has 0 bridgehead atoms. The first-order valence-electron chi connectivity index (χ1n) is 12.8. The van der Waals surface area contributed by atoms with Gasteiger partial charge in [0.25, 0.3) is 0 Å². The molecule has 1 aliphatic heterocycles. The van der Waals surface area contributed by atoms with E-state index in [0.717, 1.165) is 35.8 Å². The maximum absolute atomic E-state index is 6.38. The summed E-state index contributed by atoms with van der Waals surface area (Å²) in [5.41, 5.74) is 2.55. The minimum atomic E-state index is 0.0418. The first-order valence-corrected chi connectivity index (χ1v) is 12.8. The average molecular weight is 469 g/mol.